The summed E-state index contributed by atoms with van der Waals surface area (Å²) < 4.78 is 0. The summed E-state index contributed by atoms with van der Waals surface area (Å²) in [4.78, 5) is 6.19. The lowest BCUT2D eigenvalue weighted by atomic mass is 9.82. The number of aliphatic hydroxyl groups is 1. The van der Waals surface area contributed by atoms with Crippen molar-refractivity contribution >= 4 is 0 Å². The number of nitrogens with two attached hydrogens (primary N) is 1. The summed E-state index contributed by atoms with van der Waals surface area (Å²) in [6.07, 6.45) is 3.60. The number of rotatable bonds is 5. The molecule has 102 valence electrons. The van der Waals surface area contributed by atoms with Crippen molar-refractivity contribution < 1.29 is 5.11 Å². The van der Waals surface area contributed by atoms with Crippen LogP contribution in [0, 0.1) is 5.41 Å². The molecule has 0 aliphatic rings. The Kier molecular flexibility index (Phi) is 5.26. The first-order valence-corrected chi connectivity index (χ1v) is 6.32. The quantitative estimate of drug-likeness (QED) is 0.826. The molecule has 0 aromatic carbocycles. The summed E-state index contributed by atoms with van der Waals surface area (Å²) in [5, 5.41) is 9.57. The van der Waals surface area contributed by atoms with E-state index in [1.807, 2.05) is 25.4 Å². The van der Waals surface area contributed by atoms with E-state index in [0.717, 1.165) is 12.1 Å². The summed E-state index contributed by atoms with van der Waals surface area (Å²) in [7, 11) is 1.99. The molecule has 0 radical (unpaired) electrons. The monoisotopic (exact) mass is 251 g/mol. The van der Waals surface area contributed by atoms with Crippen LogP contribution in [0.5, 0.6) is 0 Å². The first-order valence-electron chi connectivity index (χ1n) is 6.32. The Morgan fingerprint density at radius 3 is 2.56 bits per heavy atom. The number of hydrogen-bond donors (Lipinski definition) is 2. The molecule has 1 aromatic heterocycles. The normalized spacial score (nSPS) is 15.7. The summed E-state index contributed by atoms with van der Waals surface area (Å²) in [6, 6.07) is 3.82. The van der Waals surface area contributed by atoms with E-state index < -0.39 is 0 Å². The average molecular weight is 251 g/mol. The molecule has 4 heteroatoms. The highest BCUT2D eigenvalue weighted by Crippen LogP contribution is 2.22. The second-order valence-corrected chi connectivity index (χ2v) is 5.92. The van der Waals surface area contributed by atoms with Crippen molar-refractivity contribution in [3.63, 3.8) is 0 Å². The van der Waals surface area contributed by atoms with E-state index in [0.29, 0.717) is 0 Å². The minimum Gasteiger partial charge on any atom is -0.395 e. The molecule has 2 unspecified atom stereocenters. The van der Waals surface area contributed by atoms with Crippen LogP contribution in [0.25, 0.3) is 0 Å². The molecule has 0 bridgehead atoms. The smallest absolute Gasteiger partial charge is 0.0602 e. The molecule has 2 atom stereocenters. The van der Waals surface area contributed by atoms with Gasteiger partial charge in [-0.1, -0.05) is 26.8 Å². The van der Waals surface area contributed by atoms with Crippen molar-refractivity contribution in [1.82, 2.24) is 9.88 Å². The van der Waals surface area contributed by atoms with Gasteiger partial charge in [-0.25, -0.2) is 0 Å². The predicted octanol–water partition coefficient (Wildman–Crippen LogP) is 1.25. The van der Waals surface area contributed by atoms with Crippen LogP contribution >= 0.6 is 0 Å². The van der Waals surface area contributed by atoms with Crippen molar-refractivity contribution in [3.05, 3.63) is 30.1 Å². The van der Waals surface area contributed by atoms with Gasteiger partial charge in [-0.2, -0.15) is 0 Å². The fraction of sp³-hybridized carbons (Fsp3) is 0.643. The molecule has 4 nitrogen and oxygen atoms in total. The third-order valence-electron chi connectivity index (χ3n) is 3.32. The van der Waals surface area contributed by atoms with Gasteiger partial charge in [0.1, 0.15) is 0 Å². The summed E-state index contributed by atoms with van der Waals surface area (Å²) in [5.74, 6) is 0. The van der Waals surface area contributed by atoms with Crippen LogP contribution in [0.3, 0.4) is 0 Å². The molecule has 1 heterocycles. The Morgan fingerprint density at radius 2 is 2.11 bits per heavy atom. The van der Waals surface area contributed by atoms with Crippen LogP contribution in [0.1, 0.15) is 26.3 Å². The Bertz CT molecular complexity index is 348. The molecule has 0 saturated heterocycles. The SMILES string of the molecule is CN(Cc1cccnc1)C(CO)C(N)C(C)(C)C. The number of likely N-dealkylation sites (N-methyl/N-ethyl adjacent to an activating group) is 1. The molecule has 1 aromatic rings. The highest BCUT2D eigenvalue weighted by Gasteiger charge is 2.31. The fourth-order valence-electron chi connectivity index (χ4n) is 2.00. The van der Waals surface area contributed by atoms with E-state index in [2.05, 4.69) is 30.7 Å². The molecule has 0 aliphatic carbocycles. The number of pyridine rings is 1. The zero-order valence-corrected chi connectivity index (χ0v) is 11.8. The van der Waals surface area contributed by atoms with E-state index in [1.54, 1.807) is 6.20 Å². The first kappa shape index (κ1) is 15.1. The lowest BCUT2D eigenvalue weighted by Gasteiger charge is -2.38. The minimum atomic E-state index is -0.0795. The lowest BCUT2D eigenvalue weighted by molar-refractivity contribution is 0.0843. The summed E-state index contributed by atoms with van der Waals surface area (Å²) >= 11 is 0. The number of nitrogens with zero attached hydrogens (tertiary/aromatic N) is 2. The van der Waals surface area contributed by atoms with E-state index in [9.17, 15) is 5.11 Å². The Labute approximate surface area is 110 Å². The third kappa shape index (κ3) is 4.05. The second-order valence-electron chi connectivity index (χ2n) is 5.92. The van der Waals surface area contributed by atoms with Crippen molar-refractivity contribution in [2.75, 3.05) is 13.7 Å². The van der Waals surface area contributed by atoms with Gasteiger partial charge in [-0.05, 0) is 24.1 Å². The van der Waals surface area contributed by atoms with Gasteiger partial charge in [0.2, 0.25) is 0 Å². The van der Waals surface area contributed by atoms with Crippen LogP contribution in [-0.2, 0) is 6.54 Å². The molecule has 0 aliphatic heterocycles. The second kappa shape index (κ2) is 6.27. The Balaban J connectivity index is 2.71. The van der Waals surface area contributed by atoms with E-state index >= 15 is 0 Å². The molecule has 18 heavy (non-hydrogen) atoms. The van der Waals surface area contributed by atoms with E-state index in [4.69, 9.17) is 5.73 Å². The third-order valence-corrected chi connectivity index (χ3v) is 3.32. The van der Waals surface area contributed by atoms with Gasteiger partial charge in [0, 0.05) is 31.0 Å². The molecule has 0 fully saturated rings. The lowest BCUT2D eigenvalue weighted by Crippen LogP contribution is -2.54. The van der Waals surface area contributed by atoms with Crippen LogP contribution in [-0.4, -0.2) is 40.7 Å². The maximum atomic E-state index is 9.57. The average Bonchev–Trinajstić information content (AvgIpc) is 2.29. The molecule has 1 rings (SSSR count). The maximum absolute atomic E-state index is 9.57. The first-order chi connectivity index (χ1) is 8.36. The van der Waals surface area contributed by atoms with Gasteiger partial charge in [0.15, 0.2) is 0 Å². The van der Waals surface area contributed by atoms with Gasteiger partial charge < -0.3 is 10.8 Å². The molecule has 0 saturated carbocycles. The zero-order chi connectivity index (χ0) is 13.8. The molecule has 0 spiro atoms. The van der Waals surface area contributed by atoms with Crippen molar-refractivity contribution in [2.24, 2.45) is 11.1 Å². The topological polar surface area (TPSA) is 62.4 Å². The van der Waals surface area contributed by atoms with Gasteiger partial charge >= 0.3 is 0 Å². The summed E-state index contributed by atoms with van der Waals surface area (Å²) in [5.41, 5.74) is 7.34. The predicted molar refractivity (Wildman–Crippen MR) is 74.0 cm³/mol. The van der Waals surface area contributed by atoms with E-state index in [-0.39, 0.29) is 24.1 Å². The largest absolute Gasteiger partial charge is 0.395 e. The fourth-order valence-corrected chi connectivity index (χ4v) is 2.00. The summed E-state index contributed by atoms with van der Waals surface area (Å²) in [6.45, 7) is 7.09. The highest BCUT2D eigenvalue weighted by atomic mass is 16.3. The molecular weight excluding hydrogens is 226 g/mol. The number of aliphatic hydroxyl groups excluding tert-OH is 1. The highest BCUT2D eigenvalue weighted by molar-refractivity contribution is 5.08. The van der Waals surface area contributed by atoms with Crippen LogP contribution < -0.4 is 5.73 Å². The van der Waals surface area contributed by atoms with Gasteiger partial charge in [0.25, 0.3) is 0 Å². The van der Waals surface area contributed by atoms with Crippen LogP contribution in [0.15, 0.2) is 24.5 Å². The van der Waals surface area contributed by atoms with Crippen LogP contribution in [0.4, 0.5) is 0 Å². The van der Waals surface area contributed by atoms with Gasteiger partial charge in [0.05, 0.1) is 6.61 Å². The van der Waals surface area contributed by atoms with Crippen molar-refractivity contribution in [1.29, 1.82) is 0 Å². The minimum absolute atomic E-state index is 0.0312. The molecular formula is C14H25N3O. The maximum Gasteiger partial charge on any atom is 0.0602 e. The van der Waals surface area contributed by atoms with E-state index in [1.165, 1.54) is 0 Å². The molecule has 0 amide bonds. The van der Waals surface area contributed by atoms with Crippen LogP contribution in [0.2, 0.25) is 0 Å². The van der Waals surface area contributed by atoms with Gasteiger partial charge in [-0.3, -0.25) is 9.88 Å². The Morgan fingerprint density at radius 1 is 1.44 bits per heavy atom. The number of hydrogen-bond acceptors (Lipinski definition) is 4. The number of aromatic nitrogens is 1. The Hall–Kier alpha value is -0.970. The van der Waals surface area contributed by atoms with Crippen molar-refractivity contribution in [2.45, 2.75) is 39.4 Å². The van der Waals surface area contributed by atoms with Crippen molar-refractivity contribution in [3.8, 4) is 0 Å². The zero-order valence-electron chi connectivity index (χ0n) is 11.8. The molecule has 3 N–H and O–H groups in total. The van der Waals surface area contributed by atoms with Gasteiger partial charge in [-0.15, -0.1) is 0 Å². The standard InChI is InChI=1S/C14H25N3O/c1-14(2,3)13(15)12(10-18)17(4)9-11-6-5-7-16-8-11/h5-8,12-13,18H,9-10,15H2,1-4H3.